The molecule has 1 heterocycles. The van der Waals surface area contributed by atoms with Crippen molar-refractivity contribution in [3.63, 3.8) is 0 Å². The number of carbonyl (C=O) groups is 2. The SMILES string of the molecule is COc1ccc(Cl)cc1NC(=O)c1ccc([C@H]2SCC(=O)N2Cc2ccccc2)cc1. The smallest absolute Gasteiger partial charge is 0.255 e. The maximum absolute atomic E-state index is 12.7. The molecule has 1 fully saturated rings. The van der Waals surface area contributed by atoms with Crippen LogP contribution in [0.4, 0.5) is 5.69 Å². The average Bonchev–Trinajstić information content (AvgIpc) is 3.15. The number of amides is 2. The van der Waals surface area contributed by atoms with Gasteiger partial charge in [0.15, 0.2) is 0 Å². The summed E-state index contributed by atoms with van der Waals surface area (Å²) < 4.78 is 5.28. The Morgan fingerprint density at radius 3 is 2.58 bits per heavy atom. The van der Waals surface area contributed by atoms with Crippen LogP contribution in [0.15, 0.2) is 72.8 Å². The molecule has 0 spiro atoms. The number of nitrogens with zero attached hydrogens (tertiary/aromatic N) is 1. The van der Waals surface area contributed by atoms with E-state index >= 15 is 0 Å². The van der Waals surface area contributed by atoms with Crippen molar-refractivity contribution in [1.82, 2.24) is 4.90 Å². The Bertz CT molecular complexity index is 1090. The van der Waals surface area contributed by atoms with Gasteiger partial charge >= 0.3 is 0 Å². The molecule has 0 bridgehead atoms. The van der Waals surface area contributed by atoms with Gasteiger partial charge < -0.3 is 15.0 Å². The summed E-state index contributed by atoms with van der Waals surface area (Å²) in [6.07, 6.45) is 0. The molecule has 1 aliphatic heterocycles. The fourth-order valence-electron chi connectivity index (χ4n) is 3.45. The van der Waals surface area contributed by atoms with Crippen LogP contribution < -0.4 is 10.1 Å². The van der Waals surface area contributed by atoms with E-state index in [1.54, 1.807) is 42.1 Å². The minimum absolute atomic E-state index is 0.0714. The third-order valence-corrected chi connectivity index (χ3v) is 6.52. The van der Waals surface area contributed by atoms with Gasteiger partial charge in [-0.05, 0) is 41.5 Å². The molecule has 1 atom stereocenters. The highest BCUT2D eigenvalue weighted by molar-refractivity contribution is 8.00. The molecule has 0 saturated carbocycles. The zero-order chi connectivity index (χ0) is 21.8. The number of rotatable bonds is 6. The van der Waals surface area contributed by atoms with Crippen molar-refractivity contribution in [3.8, 4) is 5.75 Å². The van der Waals surface area contributed by atoms with Crippen molar-refractivity contribution in [2.45, 2.75) is 11.9 Å². The van der Waals surface area contributed by atoms with Crippen LogP contribution in [0.2, 0.25) is 5.02 Å². The van der Waals surface area contributed by atoms with Crippen molar-refractivity contribution >= 4 is 40.9 Å². The fraction of sp³-hybridized carbons (Fsp3) is 0.167. The van der Waals surface area contributed by atoms with Crippen LogP contribution in [0.25, 0.3) is 0 Å². The molecule has 1 N–H and O–H groups in total. The van der Waals surface area contributed by atoms with Crippen molar-refractivity contribution < 1.29 is 14.3 Å². The quantitative estimate of drug-likeness (QED) is 0.545. The molecule has 1 aliphatic rings. The third kappa shape index (κ3) is 4.86. The molecule has 7 heteroatoms. The summed E-state index contributed by atoms with van der Waals surface area (Å²) in [6, 6.07) is 22.3. The number of halogens is 1. The lowest BCUT2D eigenvalue weighted by atomic mass is 10.1. The first-order chi connectivity index (χ1) is 15.0. The number of hydrogen-bond donors (Lipinski definition) is 1. The highest BCUT2D eigenvalue weighted by Crippen LogP contribution is 2.39. The molecule has 0 unspecified atom stereocenters. The van der Waals surface area contributed by atoms with Gasteiger partial charge in [-0.25, -0.2) is 0 Å². The summed E-state index contributed by atoms with van der Waals surface area (Å²) in [5.74, 6) is 0.845. The van der Waals surface area contributed by atoms with Crippen molar-refractivity contribution in [2.24, 2.45) is 0 Å². The molecule has 2 amide bonds. The van der Waals surface area contributed by atoms with Crippen LogP contribution in [0.3, 0.4) is 0 Å². The Morgan fingerprint density at radius 1 is 1.13 bits per heavy atom. The van der Waals surface area contributed by atoms with Crippen LogP contribution in [0.5, 0.6) is 5.75 Å². The first-order valence-corrected chi connectivity index (χ1v) is 11.2. The molecule has 31 heavy (non-hydrogen) atoms. The molecule has 4 rings (SSSR count). The normalized spacial score (nSPS) is 15.7. The Balaban J connectivity index is 1.49. The monoisotopic (exact) mass is 452 g/mol. The van der Waals surface area contributed by atoms with Crippen LogP contribution in [-0.2, 0) is 11.3 Å². The first kappa shape index (κ1) is 21.3. The second kappa shape index (κ2) is 9.45. The first-order valence-electron chi connectivity index (χ1n) is 9.75. The second-order valence-electron chi connectivity index (χ2n) is 7.09. The zero-order valence-corrected chi connectivity index (χ0v) is 18.5. The maximum atomic E-state index is 12.7. The summed E-state index contributed by atoms with van der Waals surface area (Å²) >= 11 is 7.64. The number of nitrogens with one attached hydrogen (secondary N) is 1. The van der Waals surface area contributed by atoms with E-state index in [1.165, 1.54) is 7.11 Å². The van der Waals surface area contributed by atoms with Gasteiger partial charge in [0.2, 0.25) is 5.91 Å². The Hall–Kier alpha value is -2.96. The highest BCUT2D eigenvalue weighted by atomic mass is 35.5. The number of anilines is 1. The summed E-state index contributed by atoms with van der Waals surface area (Å²) in [7, 11) is 1.54. The van der Waals surface area contributed by atoms with Gasteiger partial charge in [0, 0.05) is 17.1 Å². The highest BCUT2D eigenvalue weighted by Gasteiger charge is 2.32. The number of ether oxygens (including phenoxy) is 1. The summed E-state index contributed by atoms with van der Waals surface area (Å²) in [5, 5.41) is 3.27. The zero-order valence-electron chi connectivity index (χ0n) is 16.9. The minimum Gasteiger partial charge on any atom is -0.495 e. The van der Waals surface area contributed by atoms with E-state index in [-0.39, 0.29) is 17.2 Å². The summed E-state index contributed by atoms with van der Waals surface area (Å²) in [5.41, 5.74) is 3.10. The van der Waals surface area contributed by atoms with Crippen molar-refractivity contribution in [1.29, 1.82) is 0 Å². The molecular formula is C24H21ClN2O3S. The van der Waals surface area contributed by atoms with Gasteiger partial charge in [-0.3, -0.25) is 9.59 Å². The Kier molecular flexibility index (Phi) is 6.49. The van der Waals surface area contributed by atoms with Crippen LogP contribution in [0, 0.1) is 0 Å². The lowest BCUT2D eigenvalue weighted by Gasteiger charge is -2.24. The van der Waals surface area contributed by atoms with Gasteiger partial charge in [-0.1, -0.05) is 54.1 Å². The van der Waals surface area contributed by atoms with E-state index in [4.69, 9.17) is 16.3 Å². The summed E-state index contributed by atoms with van der Waals surface area (Å²) in [6.45, 7) is 0.564. The van der Waals surface area contributed by atoms with Gasteiger partial charge in [0.1, 0.15) is 11.1 Å². The molecular weight excluding hydrogens is 432 g/mol. The van der Waals surface area contributed by atoms with Crippen LogP contribution in [0.1, 0.15) is 26.9 Å². The number of benzene rings is 3. The lowest BCUT2D eigenvalue weighted by molar-refractivity contribution is -0.128. The maximum Gasteiger partial charge on any atom is 0.255 e. The predicted molar refractivity (Wildman–Crippen MR) is 125 cm³/mol. The molecule has 0 radical (unpaired) electrons. The summed E-state index contributed by atoms with van der Waals surface area (Å²) in [4.78, 5) is 27.0. The molecule has 5 nitrogen and oxygen atoms in total. The molecule has 0 aliphatic carbocycles. The van der Waals surface area contributed by atoms with E-state index < -0.39 is 0 Å². The lowest BCUT2D eigenvalue weighted by Crippen LogP contribution is -2.27. The Labute approximate surface area is 190 Å². The largest absolute Gasteiger partial charge is 0.495 e. The van der Waals surface area contributed by atoms with Gasteiger partial charge in [0.25, 0.3) is 5.91 Å². The van der Waals surface area contributed by atoms with E-state index in [0.717, 1.165) is 11.1 Å². The predicted octanol–water partition coefficient (Wildman–Crippen LogP) is 5.38. The minimum atomic E-state index is -0.261. The number of hydrogen-bond acceptors (Lipinski definition) is 4. The number of methoxy groups -OCH3 is 1. The second-order valence-corrected chi connectivity index (χ2v) is 8.60. The van der Waals surface area contributed by atoms with E-state index in [2.05, 4.69) is 5.32 Å². The Morgan fingerprint density at radius 2 is 1.87 bits per heavy atom. The van der Waals surface area contributed by atoms with E-state index in [0.29, 0.717) is 34.3 Å². The van der Waals surface area contributed by atoms with Gasteiger partial charge in [-0.2, -0.15) is 0 Å². The van der Waals surface area contributed by atoms with E-state index in [9.17, 15) is 9.59 Å². The number of thioether (sulfide) groups is 1. The van der Waals surface area contributed by atoms with Crippen molar-refractivity contribution in [3.05, 3.63) is 94.5 Å². The van der Waals surface area contributed by atoms with E-state index in [1.807, 2.05) is 47.4 Å². The van der Waals surface area contributed by atoms with Crippen LogP contribution in [-0.4, -0.2) is 29.6 Å². The molecule has 0 aromatic heterocycles. The third-order valence-electron chi connectivity index (χ3n) is 5.03. The topological polar surface area (TPSA) is 58.6 Å². The molecule has 3 aromatic rings. The van der Waals surface area contributed by atoms with Crippen LogP contribution >= 0.6 is 23.4 Å². The standard InChI is InChI=1S/C24H21ClN2O3S/c1-30-21-12-11-19(25)13-20(21)26-23(29)17-7-9-18(10-8-17)24-27(22(28)15-31-24)14-16-5-3-2-4-6-16/h2-13,24H,14-15H2,1H3,(H,26,29)/t24-/m1/s1. The number of carbonyl (C=O) groups excluding carboxylic acids is 2. The average molecular weight is 453 g/mol. The molecule has 1 saturated heterocycles. The van der Waals surface area contributed by atoms with Crippen molar-refractivity contribution in [2.75, 3.05) is 18.2 Å². The molecule has 158 valence electrons. The van der Waals surface area contributed by atoms with Gasteiger partial charge in [0.05, 0.1) is 18.6 Å². The fourth-order valence-corrected chi connectivity index (χ4v) is 4.81. The molecule has 3 aromatic carbocycles. The van der Waals surface area contributed by atoms with Gasteiger partial charge in [-0.15, -0.1) is 11.8 Å².